The van der Waals surface area contributed by atoms with Gasteiger partial charge in [0.1, 0.15) is 11.6 Å². The molecule has 5 heteroatoms. The Morgan fingerprint density at radius 2 is 1.74 bits per heavy atom. The van der Waals surface area contributed by atoms with Gasteiger partial charge in [0, 0.05) is 60.6 Å². The number of fused-ring (bicyclic) bond motifs is 1. The van der Waals surface area contributed by atoms with E-state index in [4.69, 9.17) is 0 Å². The first-order valence-corrected chi connectivity index (χ1v) is 10.5. The maximum atomic E-state index is 13.2. The summed E-state index contributed by atoms with van der Waals surface area (Å²) in [6.07, 6.45) is 3.61. The minimum atomic E-state index is -0.199. The van der Waals surface area contributed by atoms with Gasteiger partial charge >= 0.3 is 0 Å². The standard InChI is InChI=1S/C26H26N4O/c1-3-13-30-20(2)24(23-11-7-8-12-25(23)30)18-21(19-27)26(31)29-16-14-28(15-17-29)22-9-5-4-6-10-22/h3-12,18H,1,13-17H2,2H3/b21-18-. The summed E-state index contributed by atoms with van der Waals surface area (Å²) in [7, 11) is 0. The summed E-state index contributed by atoms with van der Waals surface area (Å²) in [4.78, 5) is 17.2. The van der Waals surface area contributed by atoms with Crippen molar-refractivity contribution >= 4 is 28.6 Å². The van der Waals surface area contributed by atoms with Gasteiger partial charge in [0.25, 0.3) is 5.91 Å². The number of amides is 1. The topological polar surface area (TPSA) is 52.3 Å². The molecule has 0 radical (unpaired) electrons. The van der Waals surface area contributed by atoms with Crippen molar-refractivity contribution in [3.8, 4) is 6.07 Å². The lowest BCUT2D eigenvalue weighted by Gasteiger charge is -2.36. The fourth-order valence-electron chi connectivity index (χ4n) is 4.27. The highest BCUT2D eigenvalue weighted by Gasteiger charge is 2.24. The summed E-state index contributed by atoms with van der Waals surface area (Å²) < 4.78 is 2.16. The maximum absolute atomic E-state index is 13.2. The fourth-order valence-corrected chi connectivity index (χ4v) is 4.27. The number of hydrogen-bond donors (Lipinski definition) is 0. The van der Waals surface area contributed by atoms with Gasteiger partial charge in [-0.3, -0.25) is 4.79 Å². The number of allylic oxidation sites excluding steroid dienone is 1. The Bertz CT molecular complexity index is 1180. The third-order valence-electron chi connectivity index (χ3n) is 5.92. The maximum Gasteiger partial charge on any atom is 0.264 e. The predicted octanol–water partition coefficient (Wildman–Crippen LogP) is 4.39. The molecule has 31 heavy (non-hydrogen) atoms. The quantitative estimate of drug-likeness (QED) is 0.356. The molecule has 3 aromatic rings. The van der Waals surface area contributed by atoms with Crippen LogP contribution in [0.1, 0.15) is 11.3 Å². The summed E-state index contributed by atoms with van der Waals surface area (Å²) >= 11 is 0. The van der Waals surface area contributed by atoms with Gasteiger partial charge in [-0.05, 0) is 31.2 Å². The molecule has 5 nitrogen and oxygen atoms in total. The molecule has 0 aliphatic carbocycles. The van der Waals surface area contributed by atoms with E-state index < -0.39 is 0 Å². The second-order valence-electron chi connectivity index (χ2n) is 7.70. The minimum Gasteiger partial charge on any atom is -0.368 e. The largest absolute Gasteiger partial charge is 0.368 e. The zero-order chi connectivity index (χ0) is 21.8. The molecule has 0 atom stereocenters. The molecule has 1 aromatic heterocycles. The number of piperazine rings is 1. The Labute approximate surface area is 183 Å². The van der Waals surface area contributed by atoms with Crippen LogP contribution in [0.5, 0.6) is 0 Å². The van der Waals surface area contributed by atoms with Crippen LogP contribution in [0.4, 0.5) is 5.69 Å². The molecule has 0 unspecified atom stereocenters. The minimum absolute atomic E-state index is 0.178. The van der Waals surface area contributed by atoms with E-state index in [9.17, 15) is 10.1 Å². The summed E-state index contributed by atoms with van der Waals surface area (Å²) in [6, 6.07) is 20.4. The average molecular weight is 411 g/mol. The van der Waals surface area contributed by atoms with Crippen molar-refractivity contribution in [2.24, 2.45) is 0 Å². The summed E-state index contributed by atoms with van der Waals surface area (Å²) in [5, 5.41) is 10.8. The first-order valence-electron chi connectivity index (χ1n) is 10.5. The van der Waals surface area contributed by atoms with Gasteiger partial charge < -0.3 is 14.4 Å². The SMILES string of the molecule is C=CCn1c(C)c(/C=C(/C#N)C(=O)N2CCN(c3ccccc3)CC2)c2ccccc21. The molecule has 2 aromatic carbocycles. The lowest BCUT2D eigenvalue weighted by atomic mass is 10.1. The smallest absolute Gasteiger partial charge is 0.264 e. The van der Waals surface area contributed by atoms with Crippen molar-refractivity contribution < 1.29 is 4.79 Å². The lowest BCUT2D eigenvalue weighted by molar-refractivity contribution is -0.126. The average Bonchev–Trinajstić information content (AvgIpc) is 3.09. The van der Waals surface area contributed by atoms with Gasteiger partial charge in [0.2, 0.25) is 0 Å². The van der Waals surface area contributed by atoms with Crippen molar-refractivity contribution in [3.05, 3.63) is 84.1 Å². The second-order valence-corrected chi connectivity index (χ2v) is 7.70. The molecule has 2 heterocycles. The lowest BCUT2D eigenvalue weighted by Crippen LogP contribution is -2.49. The van der Waals surface area contributed by atoms with E-state index in [0.29, 0.717) is 19.6 Å². The highest BCUT2D eigenvalue weighted by Crippen LogP contribution is 2.28. The third kappa shape index (κ3) is 3.97. The highest BCUT2D eigenvalue weighted by atomic mass is 16.2. The number of para-hydroxylation sites is 2. The molecule has 0 spiro atoms. The number of aromatic nitrogens is 1. The van der Waals surface area contributed by atoms with Crippen molar-refractivity contribution in [2.45, 2.75) is 13.5 Å². The summed E-state index contributed by atoms with van der Waals surface area (Å²) in [5.74, 6) is -0.199. The van der Waals surface area contributed by atoms with E-state index in [1.807, 2.05) is 49.4 Å². The van der Waals surface area contributed by atoms with Crippen molar-refractivity contribution in [2.75, 3.05) is 31.1 Å². The van der Waals surface area contributed by atoms with Crippen LogP contribution in [0.2, 0.25) is 0 Å². The molecular weight excluding hydrogens is 384 g/mol. The van der Waals surface area contributed by atoms with Crippen LogP contribution in [0, 0.1) is 18.3 Å². The Balaban J connectivity index is 1.58. The molecule has 1 fully saturated rings. The number of hydrogen-bond acceptors (Lipinski definition) is 3. The molecular formula is C26H26N4O. The van der Waals surface area contributed by atoms with Crippen molar-refractivity contribution in [1.82, 2.24) is 9.47 Å². The van der Waals surface area contributed by atoms with E-state index in [-0.39, 0.29) is 11.5 Å². The number of carbonyl (C=O) groups is 1. The van der Waals surface area contributed by atoms with E-state index in [0.717, 1.165) is 40.9 Å². The summed E-state index contributed by atoms with van der Waals surface area (Å²) in [6.45, 7) is 9.27. The van der Waals surface area contributed by atoms with Gasteiger partial charge in [0.05, 0.1) is 0 Å². The molecule has 0 bridgehead atoms. The van der Waals surface area contributed by atoms with Gasteiger partial charge in [-0.2, -0.15) is 5.26 Å². The number of benzene rings is 2. The normalized spacial score (nSPS) is 14.5. The van der Waals surface area contributed by atoms with Crippen LogP contribution >= 0.6 is 0 Å². The summed E-state index contributed by atoms with van der Waals surface area (Å²) in [5.41, 5.74) is 4.36. The Kier molecular flexibility index (Phi) is 5.90. The third-order valence-corrected chi connectivity index (χ3v) is 5.92. The molecule has 1 saturated heterocycles. The fraction of sp³-hybridized carbons (Fsp3) is 0.231. The number of nitriles is 1. The van der Waals surface area contributed by atoms with Crippen LogP contribution in [0.25, 0.3) is 17.0 Å². The predicted molar refractivity (Wildman–Crippen MR) is 126 cm³/mol. The first-order chi connectivity index (χ1) is 15.1. The number of anilines is 1. The zero-order valence-corrected chi connectivity index (χ0v) is 17.8. The van der Waals surface area contributed by atoms with Crippen LogP contribution in [0.3, 0.4) is 0 Å². The molecule has 0 saturated carbocycles. The van der Waals surface area contributed by atoms with Crippen LogP contribution in [0.15, 0.2) is 72.8 Å². The molecule has 0 N–H and O–H groups in total. The Morgan fingerprint density at radius 1 is 1.06 bits per heavy atom. The molecule has 156 valence electrons. The monoisotopic (exact) mass is 410 g/mol. The van der Waals surface area contributed by atoms with Crippen molar-refractivity contribution in [1.29, 1.82) is 5.26 Å². The molecule has 1 aliphatic heterocycles. The molecule has 4 rings (SSSR count). The van der Waals surface area contributed by atoms with E-state index in [2.05, 4.69) is 40.3 Å². The second kappa shape index (κ2) is 8.93. The Hall–Kier alpha value is -3.78. The number of carbonyl (C=O) groups excluding carboxylic acids is 1. The molecule has 1 aliphatic rings. The van der Waals surface area contributed by atoms with E-state index in [1.54, 1.807) is 11.0 Å². The molecule has 1 amide bonds. The van der Waals surface area contributed by atoms with Crippen molar-refractivity contribution in [3.63, 3.8) is 0 Å². The van der Waals surface area contributed by atoms with Gasteiger partial charge in [0.15, 0.2) is 0 Å². The van der Waals surface area contributed by atoms with E-state index >= 15 is 0 Å². The van der Waals surface area contributed by atoms with Gasteiger partial charge in [-0.25, -0.2) is 0 Å². The van der Waals surface area contributed by atoms with Crippen LogP contribution in [-0.2, 0) is 11.3 Å². The highest BCUT2D eigenvalue weighted by molar-refractivity contribution is 6.04. The first kappa shape index (κ1) is 20.5. The van der Waals surface area contributed by atoms with Gasteiger partial charge in [-0.15, -0.1) is 6.58 Å². The van der Waals surface area contributed by atoms with Crippen LogP contribution in [-0.4, -0.2) is 41.6 Å². The Morgan fingerprint density at radius 3 is 2.42 bits per heavy atom. The zero-order valence-electron chi connectivity index (χ0n) is 17.8. The van der Waals surface area contributed by atoms with E-state index in [1.165, 1.54) is 0 Å². The van der Waals surface area contributed by atoms with Crippen LogP contribution < -0.4 is 4.90 Å². The van der Waals surface area contributed by atoms with Gasteiger partial charge in [-0.1, -0.05) is 42.5 Å². The number of rotatable bonds is 5. The number of nitrogens with zero attached hydrogens (tertiary/aromatic N) is 4.